The first-order valence-corrected chi connectivity index (χ1v) is 12.4. The Kier molecular flexibility index (Phi) is 7.72. The highest BCUT2D eigenvalue weighted by atomic mass is 32.1. The second kappa shape index (κ2) is 9.05. The van der Waals surface area contributed by atoms with Crippen LogP contribution >= 0.6 is 35.7 Å². The maximum absolute atomic E-state index is 11.9. The number of urea groups is 1. The zero-order valence-corrected chi connectivity index (χ0v) is 17.9. The second-order valence-corrected chi connectivity index (χ2v) is 10.7. The number of carbonyl (C=O) groups excluding carboxylic acids is 1. The van der Waals surface area contributed by atoms with Crippen molar-refractivity contribution >= 4 is 52.4 Å². The monoisotopic (exact) mass is 515 g/mol. The van der Waals surface area contributed by atoms with Gasteiger partial charge in [0.2, 0.25) is 0 Å². The highest BCUT2D eigenvalue weighted by Gasteiger charge is 2.49. The normalized spacial score (nSPS) is 31.9. The van der Waals surface area contributed by atoms with Gasteiger partial charge in [0.15, 0.2) is 6.23 Å². The summed E-state index contributed by atoms with van der Waals surface area (Å²) in [5, 5.41) is 20.1. The Morgan fingerprint density at radius 3 is 2.30 bits per heavy atom. The zero-order chi connectivity index (χ0) is 23.1. The summed E-state index contributed by atoms with van der Waals surface area (Å²) in [4.78, 5) is 51.6. The van der Waals surface area contributed by atoms with Crippen molar-refractivity contribution in [2.24, 2.45) is 10.7 Å². The average Bonchev–Trinajstić information content (AvgIpc) is 2.81. The quantitative estimate of drug-likeness (QED) is 0.135. The molecular formula is C9H16N3O14P3S. The summed E-state index contributed by atoms with van der Waals surface area (Å²) in [6.07, 6.45) is -6.57. The summed E-state index contributed by atoms with van der Waals surface area (Å²) in [7, 11) is -16.8. The number of aliphatic hydroxyl groups is 2. The van der Waals surface area contributed by atoms with E-state index in [9.17, 15) is 33.6 Å². The van der Waals surface area contributed by atoms with Crippen molar-refractivity contribution in [1.82, 2.24) is 4.90 Å². The van der Waals surface area contributed by atoms with Crippen molar-refractivity contribution in [3.05, 3.63) is 0 Å². The number of aliphatic imine (C=N–C) groups is 1. The van der Waals surface area contributed by atoms with Crippen LogP contribution in [0.2, 0.25) is 0 Å². The summed E-state index contributed by atoms with van der Waals surface area (Å²) < 4.78 is 50.1. The Morgan fingerprint density at radius 1 is 1.13 bits per heavy atom. The van der Waals surface area contributed by atoms with Gasteiger partial charge < -0.3 is 40.3 Å². The van der Waals surface area contributed by atoms with Gasteiger partial charge in [-0.3, -0.25) is 9.42 Å². The van der Waals surface area contributed by atoms with Gasteiger partial charge in [0.05, 0.1) is 18.0 Å². The van der Waals surface area contributed by atoms with Gasteiger partial charge in [-0.2, -0.15) is 13.6 Å². The molecule has 2 rings (SSSR count). The molecule has 2 unspecified atom stereocenters. The number of ether oxygens (including phenoxy) is 1. The second-order valence-electron chi connectivity index (χ2n) is 5.76. The Labute approximate surface area is 172 Å². The molecule has 21 heteroatoms. The van der Waals surface area contributed by atoms with Gasteiger partial charge in [0.25, 0.3) is 0 Å². The summed E-state index contributed by atoms with van der Waals surface area (Å²) in [5.41, 5.74) is 5.42. The van der Waals surface area contributed by atoms with Gasteiger partial charge in [0.1, 0.15) is 24.1 Å². The number of nitrogens with two attached hydrogens (primary N) is 1. The van der Waals surface area contributed by atoms with Crippen LogP contribution in [-0.4, -0.2) is 89.1 Å². The molecule has 30 heavy (non-hydrogen) atoms. The van der Waals surface area contributed by atoms with Gasteiger partial charge in [0, 0.05) is 0 Å². The van der Waals surface area contributed by atoms with Gasteiger partial charge in [-0.05, 0) is 0 Å². The van der Waals surface area contributed by atoms with E-state index in [1.54, 1.807) is 0 Å². The van der Waals surface area contributed by atoms with Crippen LogP contribution < -0.4 is 5.73 Å². The number of aliphatic hydroxyl groups excluding tert-OH is 2. The summed E-state index contributed by atoms with van der Waals surface area (Å²) in [5.74, 6) is -0.205. The molecule has 0 aliphatic carbocycles. The minimum absolute atomic E-state index is 0.0524. The van der Waals surface area contributed by atoms with E-state index in [1.165, 1.54) is 0 Å². The van der Waals surface area contributed by atoms with E-state index in [4.69, 9.17) is 37.4 Å². The number of hydrogen-bond acceptors (Lipinski definition) is 12. The Balaban J connectivity index is 2.02. The van der Waals surface area contributed by atoms with Crippen LogP contribution in [0.25, 0.3) is 0 Å². The van der Waals surface area contributed by atoms with Crippen molar-refractivity contribution in [2.75, 3.05) is 13.2 Å². The van der Waals surface area contributed by atoms with E-state index < -0.39 is 60.6 Å². The maximum atomic E-state index is 11.9. The van der Waals surface area contributed by atoms with Crippen LogP contribution in [0.3, 0.4) is 0 Å². The number of phosphoric ester groups is 1. The van der Waals surface area contributed by atoms with Crippen LogP contribution in [0.15, 0.2) is 4.99 Å². The molecule has 0 radical (unpaired) electrons. The minimum Gasteiger partial charge on any atom is -0.387 e. The van der Waals surface area contributed by atoms with E-state index in [0.717, 1.165) is 4.90 Å². The number of carbonyl (C=O) groups is 1. The molecule has 1 fully saturated rings. The van der Waals surface area contributed by atoms with Crippen molar-refractivity contribution < 1.29 is 66.2 Å². The third-order valence-electron chi connectivity index (χ3n) is 3.52. The van der Waals surface area contributed by atoms with Crippen LogP contribution in [0.4, 0.5) is 4.79 Å². The van der Waals surface area contributed by atoms with E-state index >= 15 is 0 Å². The Morgan fingerprint density at radius 2 is 1.73 bits per heavy atom. The topological polar surface area (TPSA) is 268 Å². The molecule has 2 aliphatic rings. The molecule has 0 spiro atoms. The number of thiocarbonyl (C=S) groups is 1. The summed E-state index contributed by atoms with van der Waals surface area (Å²) in [6, 6.07) is -0.939. The fraction of sp³-hybridized carbons (Fsp3) is 0.667. The molecular weight excluding hydrogens is 499 g/mol. The molecule has 2 aliphatic heterocycles. The number of amides is 2. The SMILES string of the molecule is NC1=NC(=O)N([C@@H]2O[C@H](COP(=O)(O)OP(=O)(O)OP(=O)(O)O)[C@@H](O)[C@H]2O)CC1=S. The lowest BCUT2D eigenvalue weighted by Gasteiger charge is -2.31. The molecule has 17 nitrogen and oxygen atoms in total. The highest BCUT2D eigenvalue weighted by Crippen LogP contribution is 2.66. The lowest BCUT2D eigenvalue weighted by molar-refractivity contribution is -0.0729. The van der Waals surface area contributed by atoms with Crippen molar-refractivity contribution in [3.63, 3.8) is 0 Å². The number of nitrogens with zero attached hydrogens (tertiary/aromatic N) is 2. The Hall–Kier alpha value is -0.680. The summed E-state index contributed by atoms with van der Waals surface area (Å²) >= 11 is 4.90. The first kappa shape index (κ1) is 25.6. The van der Waals surface area contributed by atoms with Crippen LogP contribution in [0.1, 0.15) is 0 Å². The fourth-order valence-electron chi connectivity index (χ4n) is 2.33. The van der Waals surface area contributed by atoms with E-state index in [2.05, 4.69) is 18.1 Å². The van der Waals surface area contributed by atoms with Gasteiger partial charge >= 0.3 is 29.5 Å². The lowest BCUT2D eigenvalue weighted by Crippen LogP contribution is -2.52. The molecule has 0 aromatic carbocycles. The van der Waals surface area contributed by atoms with E-state index in [0.29, 0.717) is 0 Å². The third-order valence-corrected chi connectivity index (χ3v) is 7.66. The van der Waals surface area contributed by atoms with E-state index in [1.807, 2.05) is 0 Å². The number of phosphoric acid groups is 3. The predicted molar refractivity (Wildman–Crippen MR) is 96.8 cm³/mol. The first-order valence-electron chi connectivity index (χ1n) is 7.49. The molecule has 172 valence electrons. The fourth-order valence-corrected chi connectivity index (χ4v) is 5.54. The standard InChI is InChI=1S/C9H16N3O14P3S/c10-7-4(30)1-12(9(15)11-7)8-6(14)5(13)3(24-8)2-23-28(19,20)26-29(21,22)25-27(16,17)18/h3,5-6,8,13-14H,1-2H2,(H,19,20)(H,21,22)(H2,10,11,15)(H2,16,17,18)/t3-,5-,6-,8-/m1/s1. The van der Waals surface area contributed by atoms with Gasteiger partial charge in [-0.1, -0.05) is 12.2 Å². The molecule has 2 amide bonds. The van der Waals surface area contributed by atoms with E-state index in [-0.39, 0.29) is 17.2 Å². The smallest absolute Gasteiger partial charge is 0.387 e. The molecule has 2 heterocycles. The molecule has 0 saturated carbocycles. The third kappa shape index (κ3) is 6.66. The van der Waals surface area contributed by atoms with Crippen molar-refractivity contribution in [1.29, 1.82) is 0 Å². The molecule has 0 aromatic rings. The van der Waals surface area contributed by atoms with Gasteiger partial charge in [-0.25, -0.2) is 18.5 Å². The van der Waals surface area contributed by atoms with Crippen molar-refractivity contribution in [3.8, 4) is 0 Å². The van der Waals surface area contributed by atoms with Crippen LogP contribution in [-0.2, 0) is 31.6 Å². The van der Waals surface area contributed by atoms with Crippen LogP contribution in [0.5, 0.6) is 0 Å². The first-order chi connectivity index (χ1) is 13.5. The average molecular weight is 515 g/mol. The van der Waals surface area contributed by atoms with Crippen LogP contribution in [0, 0.1) is 0 Å². The van der Waals surface area contributed by atoms with Crippen molar-refractivity contribution in [2.45, 2.75) is 24.5 Å². The number of rotatable bonds is 8. The molecule has 0 bridgehead atoms. The largest absolute Gasteiger partial charge is 0.490 e. The van der Waals surface area contributed by atoms with Gasteiger partial charge in [-0.15, -0.1) is 0 Å². The summed E-state index contributed by atoms with van der Waals surface area (Å²) in [6.45, 7) is -1.31. The molecule has 6 atom stereocenters. The number of amidine groups is 1. The molecule has 8 N–H and O–H groups in total. The maximum Gasteiger partial charge on any atom is 0.490 e. The molecule has 1 saturated heterocycles. The molecule has 0 aromatic heterocycles. The minimum atomic E-state index is -5.73. The highest BCUT2D eigenvalue weighted by molar-refractivity contribution is 7.82. The zero-order valence-electron chi connectivity index (χ0n) is 14.4. The lowest BCUT2D eigenvalue weighted by atomic mass is 10.1. The Bertz CT molecular complexity index is 891. The predicted octanol–water partition coefficient (Wildman–Crippen LogP) is -2.06. The number of hydrogen-bond donors (Lipinski definition) is 7.